The smallest absolute Gasteiger partial charge is 0.129 e. The lowest BCUT2D eigenvalue weighted by Gasteiger charge is -2.36. The van der Waals surface area contributed by atoms with Crippen molar-refractivity contribution in [1.29, 1.82) is 5.26 Å². The van der Waals surface area contributed by atoms with Crippen molar-refractivity contribution in [3.8, 4) is 6.07 Å². The molecule has 0 bridgehead atoms. The van der Waals surface area contributed by atoms with E-state index in [1.165, 1.54) is 5.56 Å². The van der Waals surface area contributed by atoms with E-state index in [1.54, 1.807) is 12.3 Å². The van der Waals surface area contributed by atoms with E-state index in [1.807, 2.05) is 24.3 Å². The molecule has 0 saturated carbocycles. The Bertz CT molecular complexity index is 604. The van der Waals surface area contributed by atoms with Crippen molar-refractivity contribution >= 4 is 5.82 Å². The molecule has 1 fully saturated rings. The van der Waals surface area contributed by atoms with Gasteiger partial charge in [0.15, 0.2) is 0 Å². The predicted octanol–water partition coefficient (Wildman–Crippen LogP) is 2.53. The highest BCUT2D eigenvalue weighted by molar-refractivity contribution is 5.45. The van der Waals surface area contributed by atoms with Gasteiger partial charge < -0.3 is 9.64 Å². The van der Waals surface area contributed by atoms with Gasteiger partial charge in [0, 0.05) is 12.7 Å². The molecule has 0 radical (unpaired) electrons. The van der Waals surface area contributed by atoms with Crippen LogP contribution in [0.3, 0.4) is 0 Å². The molecule has 1 saturated heterocycles. The molecule has 4 heteroatoms. The van der Waals surface area contributed by atoms with Gasteiger partial charge in [-0.25, -0.2) is 4.98 Å². The van der Waals surface area contributed by atoms with E-state index in [2.05, 4.69) is 28.1 Å². The van der Waals surface area contributed by atoms with Crippen molar-refractivity contribution in [3.05, 3.63) is 59.8 Å². The minimum atomic E-state index is 0.172. The number of nitriles is 1. The van der Waals surface area contributed by atoms with Crippen molar-refractivity contribution in [2.75, 3.05) is 24.7 Å². The van der Waals surface area contributed by atoms with Crippen LogP contribution in [0.2, 0.25) is 0 Å². The summed E-state index contributed by atoms with van der Waals surface area (Å²) >= 11 is 0. The first kappa shape index (κ1) is 12.6. The van der Waals surface area contributed by atoms with Gasteiger partial charge in [-0.2, -0.15) is 5.26 Å². The molecule has 2 aromatic rings. The van der Waals surface area contributed by atoms with Crippen LogP contribution in [-0.2, 0) is 4.74 Å². The maximum Gasteiger partial charge on any atom is 0.129 e. The Hall–Kier alpha value is -2.38. The number of morpholine rings is 1. The number of ether oxygens (including phenoxy) is 1. The first-order valence-corrected chi connectivity index (χ1v) is 6.64. The summed E-state index contributed by atoms with van der Waals surface area (Å²) in [6.07, 6.45) is 1.62. The van der Waals surface area contributed by atoms with Gasteiger partial charge in [0.1, 0.15) is 11.9 Å². The topological polar surface area (TPSA) is 49.2 Å². The van der Waals surface area contributed by atoms with Crippen LogP contribution >= 0.6 is 0 Å². The molecule has 4 nitrogen and oxygen atoms in total. The maximum absolute atomic E-state index is 8.85. The molecule has 3 rings (SSSR count). The Balaban J connectivity index is 1.90. The number of rotatable bonds is 2. The summed E-state index contributed by atoms with van der Waals surface area (Å²) in [5.41, 5.74) is 1.80. The fraction of sp³-hybridized carbons (Fsp3) is 0.250. The zero-order valence-corrected chi connectivity index (χ0v) is 11.1. The quantitative estimate of drug-likeness (QED) is 0.837. The molecule has 20 heavy (non-hydrogen) atoms. The largest absolute Gasteiger partial charge is 0.377 e. The summed E-state index contributed by atoms with van der Waals surface area (Å²) in [4.78, 5) is 6.63. The molecule has 1 aliphatic heterocycles. The van der Waals surface area contributed by atoms with E-state index < -0.39 is 0 Å². The number of anilines is 1. The lowest BCUT2D eigenvalue weighted by atomic mass is 10.0. The van der Waals surface area contributed by atoms with Gasteiger partial charge in [-0.15, -0.1) is 0 Å². The van der Waals surface area contributed by atoms with Gasteiger partial charge >= 0.3 is 0 Å². The van der Waals surface area contributed by atoms with Crippen LogP contribution in [-0.4, -0.2) is 24.7 Å². The van der Waals surface area contributed by atoms with Crippen LogP contribution in [0.5, 0.6) is 0 Å². The molecule has 1 unspecified atom stereocenters. The first-order valence-electron chi connectivity index (χ1n) is 6.64. The average Bonchev–Trinajstić information content (AvgIpc) is 2.56. The lowest BCUT2D eigenvalue weighted by Crippen LogP contribution is -2.40. The van der Waals surface area contributed by atoms with Crippen LogP contribution in [0, 0.1) is 11.3 Å². The summed E-state index contributed by atoms with van der Waals surface area (Å²) in [6.45, 7) is 2.16. The molecule has 1 aromatic heterocycles. The number of aromatic nitrogens is 1. The van der Waals surface area contributed by atoms with Gasteiger partial charge in [0.25, 0.3) is 0 Å². The molecule has 1 aromatic carbocycles. The minimum Gasteiger partial charge on any atom is -0.377 e. The highest BCUT2D eigenvalue weighted by atomic mass is 16.5. The third kappa shape index (κ3) is 2.49. The third-order valence-electron chi connectivity index (χ3n) is 3.48. The third-order valence-corrected chi connectivity index (χ3v) is 3.48. The van der Waals surface area contributed by atoms with Crippen molar-refractivity contribution in [2.45, 2.75) is 6.04 Å². The van der Waals surface area contributed by atoms with Crippen molar-refractivity contribution in [1.82, 2.24) is 4.98 Å². The van der Waals surface area contributed by atoms with E-state index in [0.717, 1.165) is 12.4 Å². The zero-order chi connectivity index (χ0) is 13.8. The number of pyridine rings is 1. The standard InChI is InChI=1S/C16H15N3O/c17-10-13-6-7-16(18-11-13)19-8-9-20-12-15(19)14-4-2-1-3-5-14/h1-7,11,15H,8-9,12H2. The maximum atomic E-state index is 8.85. The Morgan fingerprint density at radius 2 is 2.05 bits per heavy atom. The van der Waals surface area contributed by atoms with E-state index in [4.69, 9.17) is 10.00 Å². The number of nitrogens with zero attached hydrogens (tertiary/aromatic N) is 3. The Labute approximate surface area is 118 Å². The average molecular weight is 265 g/mol. The van der Waals surface area contributed by atoms with Crippen molar-refractivity contribution in [2.24, 2.45) is 0 Å². The van der Waals surface area contributed by atoms with Crippen LogP contribution < -0.4 is 4.90 Å². The lowest BCUT2D eigenvalue weighted by molar-refractivity contribution is 0.0937. The van der Waals surface area contributed by atoms with Gasteiger partial charge in [-0.3, -0.25) is 0 Å². The molecule has 0 N–H and O–H groups in total. The zero-order valence-electron chi connectivity index (χ0n) is 11.1. The molecule has 100 valence electrons. The summed E-state index contributed by atoms with van der Waals surface area (Å²) in [5.74, 6) is 0.890. The van der Waals surface area contributed by atoms with Gasteiger partial charge in [0.05, 0.1) is 24.8 Å². The molecule has 0 spiro atoms. The molecule has 1 aliphatic rings. The second-order valence-electron chi connectivity index (χ2n) is 4.71. The fourth-order valence-electron chi connectivity index (χ4n) is 2.45. The monoisotopic (exact) mass is 265 g/mol. The molecule has 2 heterocycles. The Kier molecular flexibility index (Phi) is 3.62. The van der Waals surface area contributed by atoms with Crippen molar-refractivity contribution in [3.63, 3.8) is 0 Å². The summed E-state index contributed by atoms with van der Waals surface area (Å²) in [5, 5.41) is 8.85. The SMILES string of the molecule is N#Cc1ccc(N2CCOCC2c2ccccc2)nc1. The second kappa shape index (κ2) is 5.72. The van der Waals surface area contributed by atoms with E-state index in [9.17, 15) is 0 Å². The Morgan fingerprint density at radius 1 is 1.20 bits per heavy atom. The number of benzene rings is 1. The predicted molar refractivity (Wildman–Crippen MR) is 76.3 cm³/mol. The number of hydrogen-bond donors (Lipinski definition) is 0. The van der Waals surface area contributed by atoms with Crippen LogP contribution in [0.1, 0.15) is 17.2 Å². The normalized spacial score (nSPS) is 18.6. The fourth-order valence-corrected chi connectivity index (χ4v) is 2.45. The highest BCUT2D eigenvalue weighted by Crippen LogP contribution is 2.28. The van der Waals surface area contributed by atoms with Crippen LogP contribution in [0.25, 0.3) is 0 Å². The summed E-state index contributed by atoms with van der Waals surface area (Å²) < 4.78 is 5.61. The molecular formula is C16H15N3O. The summed E-state index contributed by atoms with van der Waals surface area (Å²) in [7, 11) is 0. The van der Waals surface area contributed by atoms with Crippen molar-refractivity contribution < 1.29 is 4.74 Å². The van der Waals surface area contributed by atoms with Gasteiger partial charge in [-0.05, 0) is 17.7 Å². The van der Waals surface area contributed by atoms with Crippen LogP contribution in [0.15, 0.2) is 48.7 Å². The van der Waals surface area contributed by atoms with E-state index in [-0.39, 0.29) is 6.04 Å². The van der Waals surface area contributed by atoms with E-state index in [0.29, 0.717) is 18.8 Å². The second-order valence-corrected chi connectivity index (χ2v) is 4.71. The van der Waals surface area contributed by atoms with Gasteiger partial charge in [-0.1, -0.05) is 30.3 Å². The van der Waals surface area contributed by atoms with Gasteiger partial charge in [0.2, 0.25) is 0 Å². The minimum absolute atomic E-state index is 0.172. The molecule has 0 amide bonds. The molecular weight excluding hydrogens is 250 g/mol. The Morgan fingerprint density at radius 3 is 2.75 bits per heavy atom. The highest BCUT2D eigenvalue weighted by Gasteiger charge is 2.25. The number of hydrogen-bond acceptors (Lipinski definition) is 4. The molecule has 1 atom stereocenters. The van der Waals surface area contributed by atoms with Crippen LogP contribution in [0.4, 0.5) is 5.82 Å². The van der Waals surface area contributed by atoms with E-state index >= 15 is 0 Å². The molecule has 0 aliphatic carbocycles. The first-order chi connectivity index (χ1) is 9.88. The summed E-state index contributed by atoms with van der Waals surface area (Å²) in [6, 6.07) is 16.3.